The van der Waals surface area contributed by atoms with Gasteiger partial charge in [0.05, 0.1) is 18.3 Å². The second-order valence-corrected chi connectivity index (χ2v) is 3.83. The zero-order chi connectivity index (χ0) is 11.4. The number of hydrogen-bond donors (Lipinski definition) is 0. The lowest BCUT2D eigenvalue weighted by atomic mass is 10.2. The smallest absolute Gasteiger partial charge is 0.146 e. The molecule has 1 atom stereocenters. The van der Waals surface area contributed by atoms with Crippen molar-refractivity contribution in [3.63, 3.8) is 0 Å². The summed E-state index contributed by atoms with van der Waals surface area (Å²) in [6.07, 6.45) is 2.97. The van der Waals surface area contributed by atoms with Crippen LogP contribution in [0.3, 0.4) is 0 Å². The summed E-state index contributed by atoms with van der Waals surface area (Å²) in [5, 5.41) is 9.02. The minimum Gasteiger partial charge on any atom is -0.375 e. The summed E-state index contributed by atoms with van der Waals surface area (Å²) in [4.78, 5) is 6.42. The van der Waals surface area contributed by atoms with E-state index in [0.29, 0.717) is 12.2 Å². The Hall–Kier alpha value is -1.60. The van der Waals surface area contributed by atoms with Crippen LogP contribution in [0.2, 0.25) is 0 Å². The van der Waals surface area contributed by atoms with E-state index in [1.165, 1.54) is 0 Å². The van der Waals surface area contributed by atoms with Crippen molar-refractivity contribution in [2.45, 2.75) is 19.4 Å². The molecular weight excluding hydrogens is 202 g/mol. The van der Waals surface area contributed by atoms with E-state index in [0.717, 1.165) is 25.3 Å². The molecule has 1 aromatic heterocycles. The van der Waals surface area contributed by atoms with Gasteiger partial charge in [-0.1, -0.05) is 6.92 Å². The Bertz CT molecular complexity index is 399. The number of nitrogens with zero attached hydrogens (tertiary/aromatic N) is 3. The molecular formula is C12H15N3O. The van der Waals surface area contributed by atoms with Crippen LogP contribution >= 0.6 is 0 Å². The van der Waals surface area contributed by atoms with Gasteiger partial charge in [-0.2, -0.15) is 5.26 Å². The summed E-state index contributed by atoms with van der Waals surface area (Å²) in [5.74, 6) is 0.784. The summed E-state index contributed by atoms with van der Waals surface area (Å²) in [6.45, 7) is 4.45. The molecule has 2 heterocycles. The van der Waals surface area contributed by atoms with E-state index in [1.54, 1.807) is 18.3 Å². The van der Waals surface area contributed by atoms with E-state index in [4.69, 9.17) is 10.00 Å². The van der Waals surface area contributed by atoms with Gasteiger partial charge in [0.2, 0.25) is 0 Å². The van der Waals surface area contributed by atoms with Crippen molar-refractivity contribution in [1.82, 2.24) is 4.98 Å². The topological polar surface area (TPSA) is 49.2 Å². The van der Waals surface area contributed by atoms with Gasteiger partial charge in [0.1, 0.15) is 11.9 Å². The predicted octanol–water partition coefficient (Wildman–Crippen LogP) is 1.57. The van der Waals surface area contributed by atoms with E-state index in [2.05, 4.69) is 22.9 Å². The van der Waals surface area contributed by atoms with E-state index >= 15 is 0 Å². The quantitative estimate of drug-likeness (QED) is 0.754. The lowest BCUT2D eigenvalue weighted by molar-refractivity contribution is 0.0381. The van der Waals surface area contributed by atoms with Gasteiger partial charge in [0.15, 0.2) is 0 Å². The highest BCUT2D eigenvalue weighted by Gasteiger charge is 2.21. The van der Waals surface area contributed by atoms with Gasteiger partial charge in [-0.05, 0) is 18.6 Å². The second kappa shape index (κ2) is 4.95. The molecule has 1 unspecified atom stereocenters. The molecule has 0 aromatic carbocycles. The normalized spacial score (nSPS) is 20.5. The average Bonchev–Trinajstić information content (AvgIpc) is 2.38. The predicted molar refractivity (Wildman–Crippen MR) is 61.2 cm³/mol. The third-order valence-corrected chi connectivity index (χ3v) is 2.80. The van der Waals surface area contributed by atoms with Crippen LogP contribution in [0, 0.1) is 11.3 Å². The lowest BCUT2D eigenvalue weighted by Gasteiger charge is -2.33. The van der Waals surface area contributed by atoms with Gasteiger partial charge >= 0.3 is 0 Å². The van der Waals surface area contributed by atoms with Crippen LogP contribution < -0.4 is 4.90 Å². The molecule has 1 aromatic rings. The maximum Gasteiger partial charge on any atom is 0.146 e. The molecule has 84 valence electrons. The van der Waals surface area contributed by atoms with Crippen molar-refractivity contribution < 1.29 is 4.74 Å². The maximum absolute atomic E-state index is 9.02. The zero-order valence-corrected chi connectivity index (χ0v) is 9.39. The summed E-state index contributed by atoms with van der Waals surface area (Å²) in [6, 6.07) is 5.78. The number of ether oxygens (including phenoxy) is 1. The zero-order valence-electron chi connectivity index (χ0n) is 9.39. The van der Waals surface area contributed by atoms with E-state index in [1.807, 2.05) is 0 Å². The van der Waals surface area contributed by atoms with Crippen molar-refractivity contribution in [3.8, 4) is 6.07 Å². The summed E-state index contributed by atoms with van der Waals surface area (Å²) >= 11 is 0. The highest BCUT2D eigenvalue weighted by molar-refractivity contribution is 5.53. The first kappa shape index (κ1) is 10.9. The number of anilines is 1. The molecule has 1 fully saturated rings. The van der Waals surface area contributed by atoms with Gasteiger partial charge < -0.3 is 9.64 Å². The van der Waals surface area contributed by atoms with Gasteiger partial charge in [0, 0.05) is 19.3 Å². The second-order valence-electron chi connectivity index (χ2n) is 3.83. The third-order valence-electron chi connectivity index (χ3n) is 2.80. The average molecular weight is 217 g/mol. The Balaban J connectivity index is 2.20. The first-order valence-electron chi connectivity index (χ1n) is 5.56. The van der Waals surface area contributed by atoms with Crippen LogP contribution in [-0.2, 0) is 4.74 Å². The molecule has 0 bridgehead atoms. The SMILES string of the molecule is CCC1CN(c2ncccc2C#N)CCO1. The highest BCUT2D eigenvalue weighted by Crippen LogP contribution is 2.19. The lowest BCUT2D eigenvalue weighted by Crippen LogP contribution is -2.42. The Labute approximate surface area is 95.5 Å². The fraction of sp³-hybridized carbons (Fsp3) is 0.500. The fourth-order valence-electron chi connectivity index (χ4n) is 1.89. The molecule has 0 saturated carbocycles. The fourth-order valence-corrected chi connectivity index (χ4v) is 1.89. The van der Waals surface area contributed by atoms with Crippen molar-refractivity contribution in [2.24, 2.45) is 0 Å². The van der Waals surface area contributed by atoms with Crippen LogP contribution in [0.1, 0.15) is 18.9 Å². The van der Waals surface area contributed by atoms with E-state index in [9.17, 15) is 0 Å². The Morgan fingerprint density at radius 1 is 1.69 bits per heavy atom. The van der Waals surface area contributed by atoms with Crippen LogP contribution in [0.25, 0.3) is 0 Å². The number of morpholine rings is 1. The van der Waals surface area contributed by atoms with E-state index < -0.39 is 0 Å². The van der Waals surface area contributed by atoms with Crippen molar-refractivity contribution in [2.75, 3.05) is 24.6 Å². The monoisotopic (exact) mass is 217 g/mol. The summed E-state index contributed by atoms with van der Waals surface area (Å²) in [5.41, 5.74) is 0.638. The molecule has 4 nitrogen and oxygen atoms in total. The largest absolute Gasteiger partial charge is 0.375 e. The van der Waals surface area contributed by atoms with Crippen LogP contribution in [0.4, 0.5) is 5.82 Å². The standard InChI is InChI=1S/C12H15N3O/c1-2-11-9-15(6-7-16-11)12-10(8-13)4-3-5-14-12/h3-5,11H,2,6-7,9H2,1H3. The number of nitriles is 1. The molecule has 1 saturated heterocycles. The molecule has 16 heavy (non-hydrogen) atoms. The van der Waals surface area contributed by atoms with Crippen molar-refractivity contribution >= 4 is 5.82 Å². The van der Waals surface area contributed by atoms with Gasteiger partial charge in [-0.3, -0.25) is 0 Å². The summed E-state index contributed by atoms with van der Waals surface area (Å²) < 4.78 is 5.60. The third kappa shape index (κ3) is 2.15. The first-order valence-corrected chi connectivity index (χ1v) is 5.56. The Morgan fingerprint density at radius 3 is 3.31 bits per heavy atom. The molecule has 0 aliphatic carbocycles. The molecule has 1 aliphatic heterocycles. The molecule has 4 heteroatoms. The summed E-state index contributed by atoms with van der Waals surface area (Å²) in [7, 11) is 0. The highest BCUT2D eigenvalue weighted by atomic mass is 16.5. The van der Waals surface area contributed by atoms with Crippen molar-refractivity contribution in [1.29, 1.82) is 5.26 Å². The Kier molecular flexibility index (Phi) is 3.37. The van der Waals surface area contributed by atoms with Crippen molar-refractivity contribution in [3.05, 3.63) is 23.9 Å². The molecule has 0 radical (unpaired) electrons. The van der Waals surface area contributed by atoms with Crippen LogP contribution in [0.15, 0.2) is 18.3 Å². The molecule has 1 aliphatic rings. The van der Waals surface area contributed by atoms with Crippen LogP contribution in [-0.4, -0.2) is 30.8 Å². The number of aromatic nitrogens is 1. The minimum atomic E-state index is 0.252. The number of pyridine rings is 1. The van der Waals surface area contributed by atoms with Crippen LogP contribution in [0.5, 0.6) is 0 Å². The van der Waals surface area contributed by atoms with E-state index in [-0.39, 0.29) is 6.10 Å². The van der Waals surface area contributed by atoms with Gasteiger partial charge in [-0.25, -0.2) is 4.98 Å². The van der Waals surface area contributed by atoms with Gasteiger partial charge in [0.25, 0.3) is 0 Å². The Morgan fingerprint density at radius 2 is 2.56 bits per heavy atom. The molecule has 0 spiro atoms. The first-order chi connectivity index (χ1) is 7.85. The molecule has 0 amide bonds. The van der Waals surface area contributed by atoms with Gasteiger partial charge in [-0.15, -0.1) is 0 Å². The maximum atomic E-state index is 9.02. The number of rotatable bonds is 2. The minimum absolute atomic E-state index is 0.252. The number of hydrogen-bond acceptors (Lipinski definition) is 4. The molecule has 2 rings (SSSR count). The molecule has 0 N–H and O–H groups in total.